The van der Waals surface area contributed by atoms with Crippen molar-refractivity contribution in [2.75, 3.05) is 4.90 Å². The van der Waals surface area contributed by atoms with E-state index in [0.29, 0.717) is 0 Å². The van der Waals surface area contributed by atoms with Crippen LogP contribution in [0.4, 0.5) is 10.1 Å². The third kappa shape index (κ3) is 2.34. The molecule has 0 spiro atoms. The van der Waals surface area contributed by atoms with Gasteiger partial charge >= 0.3 is 0 Å². The average molecular weight is 260 g/mol. The molecule has 0 unspecified atom stereocenters. The van der Waals surface area contributed by atoms with Gasteiger partial charge in [-0.05, 0) is 17.5 Å². The van der Waals surface area contributed by atoms with Gasteiger partial charge in [-0.3, -0.25) is 9.59 Å². The van der Waals surface area contributed by atoms with Crippen LogP contribution in [-0.4, -0.2) is 11.8 Å². The summed E-state index contributed by atoms with van der Waals surface area (Å²) < 4.78 is 13.5. The molecule has 0 aromatic heterocycles. The first-order valence-corrected chi connectivity index (χ1v) is 5.90. The van der Waals surface area contributed by atoms with Crippen LogP contribution in [0.15, 0.2) is 18.2 Å². The van der Waals surface area contributed by atoms with Crippen molar-refractivity contribution in [3.8, 4) is 6.07 Å². The van der Waals surface area contributed by atoms with Crippen LogP contribution < -0.4 is 4.90 Å². The lowest BCUT2D eigenvalue weighted by Crippen LogP contribution is -2.46. The summed E-state index contributed by atoms with van der Waals surface area (Å²) in [6.07, 6.45) is 0.389. The number of imide groups is 1. The molecule has 0 N–H and O–H groups in total. The van der Waals surface area contributed by atoms with Crippen LogP contribution in [0.3, 0.4) is 0 Å². The van der Waals surface area contributed by atoms with Crippen LogP contribution in [0.1, 0.15) is 32.3 Å². The number of hydrogen-bond donors (Lipinski definition) is 0. The molecule has 1 aliphatic rings. The van der Waals surface area contributed by atoms with Gasteiger partial charge in [-0.25, -0.2) is 9.29 Å². The summed E-state index contributed by atoms with van der Waals surface area (Å²) in [7, 11) is 0. The number of rotatable bonds is 1. The van der Waals surface area contributed by atoms with Crippen LogP contribution in [0.25, 0.3) is 0 Å². The number of piperidine rings is 1. The third-order valence-corrected chi connectivity index (χ3v) is 3.10. The molecule has 5 heteroatoms. The molecule has 1 fully saturated rings. The van der Waals surface area contributed by atoms with E-state index in [1.807, 2.05) is 13.8 Å². The molecular weight excluding hydrogens is 247 g/mol. The van der Waals surface area contributed by atoms with Gasteiger partial charge in [0.2, 0.25) is 11.8 Å². The Bertz CT molecular complexity index is 582. The maximum absolute atomic E-state index is 13.5. The fraction of sp³-hybridized carbons (Fsp3) is 0.357. The molecule has 2 rings (SSSR count). The van der Waals surface area contributed by atoms with Crippen molar-refractivity contribution in [2.45, 2.75) is 26.7 Å². The number of carbonyl (C=O) groups excluding carboxylic acids is 2. The van der Waals surface area contributed by atoms with E-state index in [0.717, 1.165) is 11.0 Å². The highest BCUT2D eigenvalue weighted by Crippen LogP contribution is 2.35. The Morgan fingerprint density at radius 1 is 1.26 bits per heavy atom. The third-order valence-electron chi connectivity index (χ3n) is 3.10. The first kappa shape index (κ1) is 13.2. The Morgan fingerprint density at radius 3 is 2.37 bits per heavy atom. The van der Waals surface area contributed by atoms with Crippen molar-refractivity contribution in [3.63, 3.8) is 0 Å². The Hall–Kier alpha value is -2.22. The Labute approximate surface area is 110 Å². The molecule has 2 amide bonds. The van der Waals surface area contributed by atoms with E-state index < -0.39 is 23.0 Å². The molecule has 0 atom stereocenters. The fourth-order valence-electron chi connectivity index (χ4n) is 2.26. The predicted molar refractivity (Wildman–Crippen MR) is 66.6 cm³/mol. The van der Waals surface area contributed by atoms with Gasteiger partial charge in [0.25, 0.3) is 0 Å². The van der Waals surface area contributed by atoms with Crippen LogP contribution in [0, 0.1) is 22.6 Å². The van der Waals surface area contributed by atoms with Gasteiger partial charge < -0.3 is 0 Å². The van der Waals surface area contributed by atoms with Crippen molar-refractivity contribution in [1.29, 1.82) is 5.26 Å². The van der Waals surface area contributed by atoms with Gasteiger partial charge in [-0.1, -0.05) is 19.9 Å². The fourth-order valence-corrected chi connectivity index (χ4v) is 2.26. The van der Waals surface area contributed by atoms with Gasteiger partial charge in [0.1, 0.15) is 17.4 Å². The molecule has 1 aromatic rings. The second-order valence-corrected chi connectivity index (χ2v) is 5.39. The van der Waals surface area contributed by atoms with E-state index in [9.17, 15) is 14.0 Å². The molecule has 1 saturated heterocycles. The predicted octanol–water partition coefficient (Wildman–Crippen LogP) is 2.38. The average Bonchev–Trinajstić information content (AvgIpc) is 2.26. The molecule has 98 valence electrons. The van der Waals surface area contributed by atoms with Crippen LogP contribution in [0.2, 0.25) is 0 Å². The molecular formula is C14H13FN2O2. The lowest BCUT2D eigenvalue weighted by Gasteiger charge is -2.34. The second-order valence-electron chi connectivity index (χ2n) is 5.39. The number of benzene rings is 1. The van der Waals surface area contributed by atoms with Gasteiger partial charge in [0.05, 0.1) is 5.69 Å². The summed E-state index contributed by atoms with van der Waals surface area (Å²) in [6, 6.07) is 5.62. The number of carbonyl (C=O) groups is 2. The lowest BCUT2D eigenvalue weighted by atomic mass is 9.81. The standard InChI is InChI=1S/C14H13FN2O2/c1-14(2)6-12(18)17(13(19)7-14)11-5-3-4-10(15)9(11)8-16/h3-5H,6-7H2,1-2H3. The highest BCUT2D eigenvalue weighted by molar-refractivity contribution is 6.17. The molecule has 1 aliphatic heterocycles. The maximum atomic E-state index is 13.5. The summed E-state index contributed by atoms with van der Waals surface area (Å²) in [5.41, 5.74) is -0.637. The van der Waals surface area contributed by atoms with Crippen molar-refractivity contribution in [2.24, 2.45) is 5.41 Å². The monoisotopic (exact) mass is 260 g/mol. The van der Waals surface area contributed by atoms with Gasteiger partial charge in [-0.2, -0.15) is 5.26 Å². The lowest BCUT2D eigenvalue weighted by molar-refractivity contribution is -0.132. The summed E-state index contributed by atoms with van der Waals surface area (Å²) in [5, 5.41) is 8.97. The normalized spacial score (nSPS) is 18.3. The zero-order valence-electron chi connectivity index (χ0n) is 10.7. The number of nitriles is 1. The number of hydrogen-bond acceptors (Lipinski definition) is 3. The van der Waals surface area contributed by atoms with Gasteiger partial charge in [0.15, 0.2) is 0 Å². The Kier molecular flexibility index (Phi) is 3.11. The van der Waals surface area contributed by atoms with Crippen LogP contribution in [0.5, 0.6) is 0 Å². The molecule has 0 saturated carbocycles. The van der Waals surface area contributed by atoms with E-state index in [1.165, 1.54) is 12.1 Å². The largest absolute Gasteiger partial charge is 0.274 e. The van der Waals surface area contributed by atoms with Crippen molar-refractivity contribution < 1.29 is 14.0 Å². The number of amides is 2. The molecule has 4 nitrogen and oxygen atoms in total. The molecule has 1 aromatic carbocycles. The quantitative estimate of drug-likeness (QED) is 0.728. The topological polar surface area (TPSA) is 61.2 Å². The zero-order chi connectivity index (χ0) is 14.2. The number of nitrogens with zero attached hydrogens (tertiary/aromatic N) is 2. The highest BCUT2D eigenvalue weighted by Gasteiger charge is 2.39. The summed E-state index contributed by atoms with van der Waals surface area (Å²) in [4.78, 5) is 25.1. The van der Waals surface area contributed by atoms with Crippen molar-refractivity contribution >= 4 is 17.5 Å². The summed E-state index contributed by atoms with van der Waals surface area (Å²) >= 11 is 0. The maximum Gasteiger partial charge on any atom is 0.234 e. The van der Waals surface area contributed by atoms with Crippen LogP contribution >= 0.6 is 0 Å². The minimum absolute atomic E-state index is 0.0352. The number of anilines is 1. The molecule has 0 radical (unpaired) electrons. The van der Waals surface area contributed by atoms with E-state index >= 15 is 0 Å². The first-order valence-electron chi connectivity index (χ1n) is 5.90. The summed E-state index contributed by atoms with van der Waals surface area (Å²) in [6.45, 7) is 3.66. The smallest absolute Gasteiger partial charge is 0.234 e. The van der Waals surface area contributed by atoms with Gasteiger partial charge in [-0.15, -0.1) is 0 Å². The molecule has 0 aliphatic carbocycles. The summed E-state index contributed by atoms with van der Waals surface area (Å²) in [5.74, 6) is -1.53. The Balaban J connectivity index is 2.49. The van der Waals surface area contributed by atoms with E-state index in [2.05, 4.69) is 0 Å². The zero-order valence-corrected chi connectivity index (χ0v) is 10.7. The first-order chi connectivity index (χ1) is 8.85. The number of halogens is 1. The second kappa shape index (κ2) is 4.47. The van der Waals surface area contributed by atoms with E-state index in [4.69, 9.17) is 5.26 Å². The van der Waals surface area contributed by atoms with E-state index in [1.54, 1.807) is 6.07 Å². The molecule has 1 heterocycles. The molecule has 19 heavy (non-hydrogen) atoms. The van der Waals surface area contributed by atoms with Crippen LogP contribution in [-0.2, 0) is 9.59 Å². The highest BCUT2D eigenvalue weighted by atomic mass is 19.1. The van der Waals surface area contributed by atoms with Crippen molar-refractivity contribution in [1.82, 2.24) is 0 Å². The molecule has 0 bridgehead atoms. The van der Waals surface area contributed by atoms with Gasteiger partial charge in [0, 0.05) is 12.8 Å². The minimum atomic E-state index is -0.731. The van der Waals surface area contributed by atoms with E-state index in [-0.39, 0.29) is 24.1 Å². The SMILES string of the molecule is CC1(C)CC(=O)N(c2cccc(F)c2C#N)C(=O)C1. The minimum Gasteiger partial charge on any atom is -0.274 e. The Morgan fingerprint density at radius 2 is 1.84 bits per heavy atom. The van der Waals surface area contributed by atoms with Crippen molar-refractivity contribution in [3.05, 3.63) is 29.6 Å².